The zero-order valence-electron chi connectivity index (χ0n) is 14.6. The number of amides is 2. The molecule has 25 heavy (non-hydrogen) atoms. The van der Waals surface area contributed by atoms with Crippen LogP contribution in [0.15, 0.2) is 65.8 Å². The average Bonchev–Trinajstić information content (AvgIpc) is 2.59. The molecule has 2 amide bonds. The van der Waals surface area contributed by atoms with Crippen molar-refractivity contribution in [2.45, 2.75) is 31.8 Å². The summed E-state index contributed by atoms with van der Waals surface area (Å²) in [4.78, 5) is 14.5. The summed E-state index contributed by atoms with van der Waals surface area (Å²) in [7, 11) is -1.92. The summed E-state index contributed by atoms with van der Waals surface area (Å²) in [6, 6.07) is 18.1. The second-order valence-corrected chi connectivity index (χ2v) is 11.0. The van der Waals surface area contributed by atoms with Gasteiger partial charge in [0.2, 0.25) is 0 Å². The molecule has 0 unspecified atom stereocenters. The summed E-state index contributed by atoms with van der Waals surface area (Å²) in [5, 5.41) is 5.94. The topological polar surface area (TPSA) is 87.1 Å². The van der Waals surface area contributed by atoms with E-state index in [-0.39, 0.29) is 6.10 Å². The summed E-state index contributed by atoms with van der Waals surface area (Å²) in [6.45, 7) is 6.29. The second kappa shape index (κ2) is 8.48. The van der Waals surface area contributed by atoms with Crippen molar-refractivity contribution in [3.8, 4) is 0 Å². The number of hydrogen-bond acceptors (Lipinski definition) is 2. The van der Waals surface area contributed by atoms with E-state index in [1.165, 1.54) is 0 Å². The van der Waals surface area contributed by atoms with Crippen LogP contribution in [0.5, 0.6) is 0 Å². The van der Waals surface area contributed by atoms with Crippen LogP contribution in [0.25, 0.3) is 10.4 Å². The molecule has 0 saturated carbocycles. The third-order valence-electron chi connectivity index (χ3n) is 3.48. The highest BCUT2D eigenvalue weighted by Gasteiger charge is 2.31. The normalized spacial score (nSPS) is 13.4. The van der Waals surface area contributed by atoms with E-state index in [9.17, 15) is 4.79 Å². The lowest BCUT2D eigenvalue weighted by atomic mass is 9.96. The number of rotatable bonds is 6. The van der Waals surface area contributed by atoms with Gasteiger partial charge < -0.3 is 9.74 Å². The van der Waals surface area contributed by atoms with Crippen molar-refractivity contribution < 1.29 is 9.22 Å². The van der Waals surface area contributed by atoms with Crippen molar-refractivity contribution in [1.29, 1.82) is 0 Å². The molecule has 0 aliphatic rings. The van der Waals surface area contributed by atoms with E-state index in [1.54, 1.807) is 0 Å². The van der Waals surface area contributed by atoms with Crippen molar-refractivity contribution in [2.75, 3.05) is 0 Å². The first kappa shape index (κ1) is 18.7. The molecule has 0 fully saturated rings. The molecule has 7 heteroatoms. The van der Waals surface area contributed by atoms with Gasteiger partial charge in [0.25, 0.3) is 0 Å². The van der Waals surface area contributed by atoms with Crippen LogP contribution in [0.2, 0.25) is 19.6 Å². The van der Waals surface area contributed by atoms with Crippen LogP contribution in [0, 0.1) is 0 Å². The van der Waals surface area contributed by atoms with Gasteiger partial charge in [-0.3, -0.25) is 4.79 Å². The van der Waals surface area contributed by atoms with Gasteiger partial charge in [0.15, 0.2) is 8.32 Å². The number of azide groups is 1. The predicted octanol–water partition coefficient (Wildman–Crippen LogP) is 5.34. The minimum atomic E-state index is -1.92. The Balaban J connectivity index is 2.48. The Morgan fingerprint density at radius 3 is 2.04 bits per heavy atom. The molecule has 0 aromatic heterocycles. The highest BCUT2D eigenvalue weighted by atomic mass is 28.4. The molecule has 2 aromatic carbocycles. The lowest BCUT2D eigenvalue weighted by Crippen LogP contribution is -2.37. The van der Waals surface area contributed by atoms with Crippen LogP contribution >= 0.6 is 0 Å². The zero-order chi connectivity index (χ0) is 18.3. The molecule has 0 bridgehead atoms. The first-order valence-electron chi connectivity index (χ1n) is 8.04. The van der Waals surface area contributed by atoms with Gasteiger partial charge in [-0.2, -0.15) is 0 Å². The Bertz CT molecular complexity index is 741. The summed E-state index contributed by atoms with van der Waals surface area (Å²) in [6.07, 6.45) is -0.381. The number of carbonyl (C=O) groups excluding carboxylic acids is 1. The number of hydrogen-bond donors (Lipinski definition) is 1. The minimum absolute atomic E-state index is 0.381. The third kappa shape index (κ3) is 5.76. The Labute approximate surface area is 148 Å². The van der Waals surface area contributed by atoms with Crippen molar-refractivity contribution in [3.63, 3.8) is 0 Å². The van der Waals surface area contributed by atoms with E-state index in [0.29, 0.717) is 0 Å². The van der Waals surface area contributed by atoms with E-state index >= 15 is 0 Å². The summed E-state index contributed by atoms with van der Waals surface area (Å²) in [5.74, 6) is 0. The van der Waals surface area contributed by atoms with E-state index in [1.807, 2.05) is 60.7 Å². The fourth-order valence-corrected chi connectivity index (χ4v) is 3.58. The van der Waals surface area contributed by atoms with Crippen LogP contribution in [0.1, 0.15) is 23.3 Å². The highest BCUT2D eigenvalue weighted by Crippen LogP contribution is 2.34. The van der Waals surface area contributed by atoms with E-state index < -0.39 is 20.4 Å². The van der Waals surface area contributed by atoms with E-state index in [0.717, 1.165) is 11.1 Å². The maximum Gasteiger partial charge on any atom is 0.308 e. The predicted molar refractivity (Wildman–Crippen MR) is 100 cm³/mol. The molecule has 0 heterocycles. The second-order valence-electron chi connectivity index (χ2n) is 6.59. The lowest BCUT2D eigenvalue weighted by Gasteiger charge is -2.33. The summed E-state index contributed by atoms with van der Waals surface area (Å²) in [5.41, 5.74) is 10.4. The maximum atomic E-state index is 12.0. The first-order valence-corrected chi connectivity index (χ1v) is 11.4. The van der Waals surface area contributed by atoms with Gasteiger partial charge in [0.1, 0.15) is 0 Å². The first-order chi connectivity index (χ1) is 11.9. The zero-order valence-corrected chi connectivity index (χ0v) is 15.6. The third-order valence-corrected chi connectivity index (χ3v) is 4.45. The molecule has 0 aliphatic carbocycles. The van der Waals surface area contributed by atoms with Crippen LogP contribution in [-0.4, -0.2) is 14.3 Å². The number of benzene rings is 2. The number of nitrogens with one attached hydrogen (secondary N) is 1. The van der Waals surface area contributed by atoms with E-state index in [4.69, 9.17) is 9.96 Å². The van der Waals surface area contributed by atoms with Crippen LogP contribution in [-0.2, 0) is 4.43 Å². The maximum absolute atomic E-state index is 12.0. The standard InChI is InChI=1S/C18H22N4O2Si/c1-25(2,3)24-17(15-12-8-5-9-13-15)16(20-18(23)21-22-19)14-10-6-4-7-11-14/h4-13,16-17H,1-3H3,(H,20,23)/t16-,17-/m1/s1. The quantitative estimate of drug-likeness (QED) is 0.328. The number of nitrogens with zero attached hydrogens (tertiary/aromatic N) is 3. The molecule has 130 valence electrons. The number of urea groups is 1. The molecule has 2 atom stereocenters. The summed E-state index contributed by atoms with van der Waals surface area (Å²) >= 11 is 0. The van der Waals surface area contributed by atoms with Gasteiger partial charge >= 0.3 is 6.03 Å². The van der Waals surface area contributed by atoms with Crippen molar-refractivity contribution in [3.05, 3.63) is 82.2 Å². The van der Waals surface area contributed by atoms with Gasteiger partial charge in [-0.05, 0) is 36.3 Å². The van der Waals surface area contributed by atoms with Crippen LogP contribution in [0.4, 0.5) is 4.79 Å². The SMILES string of the molecule is C[Si](C)(C)O[C@H](c1ccccc1)[C@H](NC(=O)N=[N+]=[N-])c1ccccc1. The molecular weight excluding hydrogens is 332 g/mol. The molecule has 0 spiro atoms. The molecular formula is C18H22N4O2Si. The van der Waals surface area contributed by atoms with Gasteiger partial charge in [0.05, 0.1) is 12.1 Å². The lowest BCUT2D eigenvalue weighted by molar-refractivity contribution is 0.149. The highest BCUT2D eigenvalue weighted by molar-refractivity contribution is 6.69. The Kier molecular flexibility index (Phi) is 6.35. The van der Waals surface area contributed by atoms with Gasteiger partial charge in [-0.15, -0.1) is 0 Å². The molecule has 2 aromatic rings. The largest absolute Gasteiger partial charge is 0.408 e. The average molecular weight is 354 g/mol. The Morgan fingerprint density at radius 1 is 1.04 bits per heavy atom. The van der Waals surface area contributed by atoms with Gasteiger partial charge in [0, 0.05) is 10.0 Å². The van der Waals surface area contributed by atoms with Crippen molar-refractivity contribution in [2.24, 2.45) is 5.11 Å². The van der Waals surface area contributed by atoms with Crippen molar-refractivity contribution >= 4 is 14.3 Å². The fraction of sp³-hybridized carbons (Fsp3) is 0.278. The molecule has 0 saturated heterocycles. The van der Waals surface area contributed by atoms with Crippen LogP contribution in [0.3, 0.4) is 0 Å². The molecule has 1 N–H and O–H groups in total. The van der Waals surface area contributed by atoms with Gasteiger partial charge in [-0.1, -0.05) is 60.7 Å². The van der Waals surface area contributed by atoms with Crippen LogP contribution < -0.4 is 5.32 Å². The molecule has 0 aliphatic heterocycles. The smallest absolute Gasteiger partial charge is 0.308 e. The molecule has 0 radical (unpaired) electrons. The molecule has 2 rings (SSSR count). The summed E-state index contributed by atoms with van der Waals surface area (Å²) < 4.78 is 6.41. The fourth-order valence-electron chi connectivity index (χ4n) is 2.55. The van der Waals surface area contributed by atoms with E-state index in [2.05, 4.69) is 35.0 Å². The Hall–Kier alpha value is -2.60. The minimum Gasteiger partial charge on any atom is -0.408 e. The Morgan fingerprint density at radius 2 is 1.56 bits per heavy atom. The monoisotopic (exact) mass is 354 g/mol. The van der Waals surface area contributed by atoms with Gasteiger partial charge in [-0.25, -0.2) is 0 Å². The van der Waals surface area contributed by atoms with Crippen molar-refractivity contribution in [1.82, 2.24) is 5.32 Å². The number of carbonyl (C=O) groups is 1. The molecule has 6 nitrogen and oxygen atoms in total.